The Balaban J connectivity index is 4.14. The minimum Gasteiger partial charge on any atom is -0.464 e. The van der Waals surface area contributed by atoms with E-state index in [0.29, 0.717) is 6.42 Å². The average Bonchev–Trinajstić information content (AvgIpc) is 2.91. The number of hydrogen-bond acceptors (Lipinski definition) is 4. The number of amides is 1. The predicted molar refractivity (Wildman–Crippen MR) is 157 cm³/mol. The van der Waals surface area contributed by atoms with Crippen molar-refractivity contribution in [2.45, 2.75) is 187 Å². The van der Waals surface area contributed by atoms with E-state index in [4.69, 9.17) is 4.74 Å². The van der Waals surface area contributed by atoms with Gasteiger partial charge in [0.25, 0.3) is 0 Å². The Morgan fingerprint density at radius 1 is 0.658 bits per heavy atom. The van der Waals surface area contributed by atoms with Crippen molar-refractivity contribution in [2.75, 3.05) is 6.61 Å². The van der Waals surface area contributed by atoms with Crippen LogP contribution < -0.4 is 5.32 Å². The number of esters is 1. The number of unbranched alkanes of at least 4 members (excludes halogenated alkanes) is 19. The Bertz CT molecular complexity index is 546. The summed E-state index contributed by atoms with van der Waals surface area (Å²) in [6, 6.07) is -1.35. The Labute approximate surface area is 234 Å². The fraction of sp³-hybridized carbons (Fsp3) is 0.938. The topological polar surface area (TPSA) is 75.6 Å². The summed E-state index contributed by atoms with van der Waals surface area (Å²) in [5, 5.41) is 13.1. The van der Waals surface area contributed by atoms with Gasteiger partial charge in [-0.05, 0) is 19.8 Å². The molecule has 5 nitrogen and oxygen atoms in total. The lowest BCUT2D eigenvalue weighted by molar-refractivity contribution is -0.152. The number of halogens is 1. The van der Waals surface area contributed by atoms with Crippen LogP contribution in [0.4, 0.5) is 4.39 Å². The highest BCUT2D eigenvalue weighted by molar-refractivity contribution is 5.85. The van der Waals surface area contributed by atoms with Crippen LogP contribution in [0, 0.1) is 0 Å². The number of alkyl halides is 1. The van der Waals surface area contributed by atoms with Gasteiger partial charge >= 0.3 is 5.97 Å². The van der Waals surface area contributed by atoms with Crippen molar-refractivity contribution in [1.29, 1.82) is 0 Å². The molecule has 38 heavy (non-hydrogen) atoms. The van der Waals surface area contributed by atoms with E-state index in [9.17, 15) is 19.1 Å². The van der Waals surface area contributed by atoms with E-state index in [1.165, 1.54) is 89.9 Å². The van der Waals surface area contributed by atoms with E-state index >= 15 is 0 Å². The first-order valence-corrected chi connectivity index (χ1v) is 16.3. The molecule has 0 aliphatic carbocycles. The molecule has 0 saturated carbocycles. The molecule has 0 spiro atoms. The van der Waals surface area contributed by atoms with Gasteiger partial charge in [-0.25, -0.2) is 9.18 Å². The third-order valence-electron chi connectivity index (χ3n) is 7.41. The second kappa shape index (κ2) is 27.4. The Hall–Kier alpha value is -1.17. The molecule has 1 amide bonds. The highest BCUT2D eigenvalue weighted by atomic mass is 19.1. The molecule has 0 aliphatic rings. The van der Waals surface area contributed by atoms with Gasteiger partial charge in [-0.2, -0.15) is 0 Å². The molecule has 0 saturated heterocycles. The normalized spacial score (nSPS) is 13.7. The van der Waals surface area contributed by atoms with E-state index in [2.05, 4.69) is 19.2 Å². The van der Waals surface area contributed by atoms with Crippen LogP contribution in [-0.4, -0.2) is 41.9 Å². The molecular formula is C32H62FNO4. The van der Waals surface area contributed by atoms with Crippen molar-refractivity contribution in [3.63, 3.8) is 0 Å². The van der Waals surface area contributed by atoms with Crippen LogP contribution in [0.5, 0.6) is 0 Å². The first-order chi connectivity index (χ1) is 18.5. The van der Waals surface area contributed by atoms with E-state index in [0.717, 1.165) is 38.5 Å². The molecule has 0 aliphatic heterocycles. The zero-order valence-corrected chi connectivity index (χ0v) is 25.3. The number of nitrogens with one attached hydrogen (secondary N) is 1. The van der Waals surface area contributed by atoms with Gasteiger partial charge < -0.3 is 15.2 Å². The zero-order valence-electron chi connectivity index (χ0n) is 25.3. The summed E-state index contributed by atoms with van der Waals surface area (Å²) >= 11 is 0. The number of ether oxygens (including phenoxy) is 1. The van der Waals surface area contributed by atoms with E-state index in [-0.39, 0.29) is 25.4 Å². The molecule has 0 radical (unpaired) electrons. The van der Waals surface area contributed by atoms with E-state index < -0.39 is 24.3 Å². The summed E-state index contributed by atoms with van der Waals surface area (Å²) in [7, 11) is 0. The maximum absolute atomic E-state index is 14.8. The fourth-order valence-corrected chi connectivity index (χ4v) is 4.92. The summed E-state index contributed by atoms with van der Waals surface area (Å²) in [6.45, 7) is 6.23. The van der Waals surface area contributed by atoms with Gasteiger partial charge in [-0.1, -0.05) is 142 Å². The largest absolute Gasteiger partial charge is 0.464 e. The summed E-state index contributed by atoms with van der Waals surface area (Å²) in [5.74, 6) is -1.10. The molecule has 2 N–H and O–H groups in total. The summed E-state index contributed by atoms with van der Waals surface area (Å²) in [6.07, 6.45) is 21.9. The molecule has 3 atom stereocenters. The van der Waals surface area contributed by atoms with Crippen molar-refractivity contribution in [3.8, 4) is 0 Å². The molecule has 0 aromatic rings. The first kappa shape index (κ1) is 36.8. The molecular weight excluding hydrogens is 481 g/mol. The average molecular weight is 544 g/mol. The van der Waals surface area contributed by atoms with Crippen LogP contribution in [-0.2, 0) is 14.3 Å². The lowest BCUT2D eigenvalue weighted by Gasteiger charge is -2.25. The predicted octanol–water partition coefficient (Wildman–Crippen LogP) is 8.75. The lowest BCUT2D eigenvalue weighted by atomic mass is 9.99. The van der Waals surface area contributed by atoms with Crippen LogP contribution in [0.3, 0.4) is 0 Å². The minimum atomic E-state index is -1.59. The van der Waals surface area contributed by atoms with Crippen molar-refractivity contribution < 1.29 is 23.8 Å². The lowest BCUT2D eigenvalue weighted by Crippen LogP contribution is -2.52. The standard InChI is InChI=1S/C32H62FNO4/c1-4-7-9-11-13-15-16-17-19-20-22-24-26-28(33)31(36)30(32(37)38-6-3)34-29(35)27-25-23-21-18-14-12-10-8-5-2/h28,30-31,36H,4-27H2,1-3H3,(H,34,35)/t28-,30-,31-/m0/s1. The second-order valence-corrected chi connectivity index (χ2v) is 11.1. The van der Waals surface area contributed by atoms with Crippen molar-refractivity contribution in [3.05, 3.63) is 0 Å². The summed E-state index contributed by atoms with van der Waals surface area (Å²) < 4.78 is 19.8. The number of aliphatic hydroxyl groups is 1. The minimum absolute atomic E-state index is 0.117. The van der Waals surface area contributed by atoms with Gasteiger partial charge in [-0.3, -0.25) is 4.79 Å². The molecule has 0 rings (SSSR count). The Kier molecular flexibility index (Phi) is 26.6. The van der Waals surface area contributed by atoms with Crippen molar-refractivity contribution in [1.82, 2.24) is 5.32 Å². The van der Waals surface area contributed by atoms with Crippen LogP contribution in [0.2, 0.25) is 0 Å². The molecule has 0 heterocycles. The van der Waals surface area contributed by atoms with Crippen LogP contribution >= 0.6 is 0 Å². The molecule has 0 aromatic carbocycles. The third kappa shape index (κ3) is 21.7. The van der Waals surface area contributed by atoms with Crippen molar-refractivity contribution in [2.24, 2.45) is 0 Å². The smallest absolute Gasteiger partial charge is 0.331 e. The molecule has 0 fully saturated rings. The highest BCUT2D eigenvalue weighted by Crippen LogP contribution is 2.17. The van der Waals surface area contributed by atoms with E-state index in [1.807, 2.05) is 0 Å². The third-order valence-corrected chi connectivity index (χ3v) is 7.41. The van der Waals surface area contributed by atoms with Crippen LogP contribution in [0.25, 0.3) is 0 Å². The Morgan fingerprint density at radius 3 is 1.47 bits per heavy atom. The van der Waals surface area contributed by atoms with Gasteiger partial charge in [0.2, 0.25) is 5.91 Å². The van der Waals surface area contributed by atoms with Crippen molar-refractivity contribution >= 4 is 11.9 Å². The van der Waals surface area contributed by atoms with Crippen LogP contribution in [0.1, 0.15) is 168 Å². The molecule has 0 aromatic heterocycles. The maximum Gasteiger partial charge on any atom is 0.331 e. The van der Waals surface area contributed by atoms with Gasteiger partial charge in [0.15, 0.2) is 6.04 Å². The van der Waals surface area contributed by atoms with Gasteiger partial charge in [0, 0.05) is 6.42 Å². The second-order valence-electron chi connectivity index (χ2n) is 11.1. The number of carbonyl (C=O) groups excluding carboxylic acids is 2. The molecule has 226 valence electrons. The highest BCUT2D eigenvalue weighted by Gasteiger charge is 2.35. The molecule has 0 unspecified atom stereocenters. The Morgan fingerprint density at radius 2 is 1.05 bits per heavy atom. The summed E-state index contributed by atoms with van der Waals surface area (Å²) in [5.41, 5.74) is 0. The number of aliphatic hydroxyl groups excluding tert-OH is 1. The monoisotopic (exact) mass is 543 g/mol. The zero-order chi connectivity index (χ0) is 28.3. The maximum atomic E-state index is 14.8. The van der Waals surface area contributed by atoms with Crippen LogP contribution in [0.15, 0.2) is 0 Å². The SMILES string of the molecule is CCCCCCCCCCCCCC[C@H](F)[C@H](O)[C@H](NC(=O)CCCCCCCCCCC)C(=O)OCC. The number of carbonyl (C=O) groups is 2. The van der Waals surface area contributed by atoms with E-state index in [1.54, 1.807) is 6.92 Å². The van der Waals surface area contributed by atoms with Gasteiger partial charge in [-0.15, -0.1) is 0 Å². The number of hydrogen-bond donors (Lipinski definition) is 2. The fourth-order valence-electron chi connectivity index (χ4n) is 4.92. The summed E-state index contributed by atoms with van der Waals surface area (Å²) in [4.78, 5) is 24.8. The first-order valence-electron chi connectivity index (χ1n) is 16.3. The van der Waals surface area contributed by atoms with Gasteiger partial charge in [0.1, 0.15) is 12.3 Å². The molecule has 0 bridgehead atoms. The quantitative estimate of drug-likeness (QED) is 0.0764. The number of rotatable bonds is 28. The molecule has 6 heteroatoms. The van der Waals surface area contributed by atoms with Gasteiger partial charge in [0.05, 0.1) is 6.61 Å².